The Hall–Kier alpha value is -1.98. The van der Waals surface area contributed by atoms with Crippen LogP contribution < -0.4 is 0 Å². The molecule has 0 N–H and O–H groups in total. The molecule has 76 heavy (non-hydrogen) atoms. The maximum absolute atomic E-state index is 14.8. The molecule has 426 valence electrons. The van der Waals surface area contributed by atoms with Crippen molar-refractivity contribution in [2.24, 2.45) is 11.8 Å². The molecule has 8 aliphatic rings. The number of esters is 1. The SMILES string of the molecule is C=C(Br)C[C@H](CC[C@@]12C[C@@H]3O[C@@H]4[C@@H](O1)[C@H]1O[C@H](CC(=O)C[C@@H]5[C@@H](OC)[C@@H](C[C@@H](CO[Si](C)(C)C(C)(C)C)O[Si](C)(C)C(C)(C)C)O[C@H]5C[C@H]5O[C@@H](CCC=O)C[C@@H](C)C5=C)CC[C@@H]1O[C@@H]4[C@H]3O2)OC(=O)c1ccccc1. The number of benzene rings is 1. The quantitative estimate of drug-likeness (QED) is 0.0417. The average molecular weight is 1160 g/mol. The van der Waals surface area contributed by atoms with Gasteiger partial charge in [-0.05, 0) is 96.5 Å². The van der Waals surface area contributed by atoms with E-state index < -0.39 is 52.8 Å². The second kappa shape index (κ2) is 24.2. The van der Waals surface area contributed by atoms with Crippen molar-refractivity contribution < 1.29 is 65.9 Å². The predicted octanol–water partition coefficient (Wildman–Crippen LogP) is 11.5. The van der Waals surface area contributed by atoms with Crippen molar-refractivity contribution >= 4 is 50.6 Å². The number of carbonyl (C=O) groups excluding carboxylic acids is 3. The molecule has 9 rings (SSSR count). The van der Waals surface area contributed by atoms with Crippen molar-refractivity contribution in [3.05, 3.63) is 59.1 Å². The van der Waals surface area contributed by atoms with E-state index in [0.29, 0.717) is 76.4 Å². The summed E-state index contributed by atoms with van der Waals surface area (Å²) in [7, 11) is -2.69. The number of ether oxygens (including phenoxy) is 9. The van der Waals surface area contributed by atoms with Crippen LogP contribution in [0.25, 0.3) is 0 Å². The number of rotatable bonds is 24. The van der Waals surface area contributed by atoms with Crippen molar-refractivity contribution in [3.63, 3.8) is 0 Å². The van der Waals surface area contributed by atoms with Crippen molar-refractivity contribution in [1.29, 1.82) is 0 Å². The Morgan fingerprint density at radius 3 is 2.20 bits per heavy atom. The molecule has 0 aromatic heterocycles. The minimum Gasteiger partial charge on any atom is -0.458 e. The first kappa shape index (κ1) is 60.1. The lowest BCUT2D eigenvalue weighted by atomic mass is 9.81. The molecule has 17 heteroatoms. The molecule has 0 aliphatic carbocycles. The topological polar surface area (TPSA) is 153 Å². The van der Waals surface area contributed by atoms with E-state index in [1.54, 1.807) is 19.2 Å². The second-order valence-electron chi connectivity index (χ2n) is 26.3. The highest BCUT2D eigenvalue weighted by Gasteiger charge is 2.69. The third kappa shape index (κ3) is 13.7. The summed E-state index contributed by atoms with van der Waals surface area (Å²) in [4.78, 5) is 39.4. The fraction of sp³-hybridized carbons (Fsp3) is 0.780. The molecule has 14 nitrogen and oxygen atoms in total. The Morgan fingerprint density at radius 2 is 1.53 bits per heavy atom. The number of aldehydes is 1. The Labute approximate surface area is 464 Å². The van der Waals surface area contributed by atoms with Gasteiger partial charge in [-0.1, -0.05) is 95.8 Å². The van der Waals surface area contributed by atoms with E-state index in [0.717, 1.165) is 22.8 Å². The summed E-state index contributed by atoms with van der Waals surface area (Å²) in [6, 6.07) is 8.99. The van der Waals surface area contributed by atoms with Crippen LogP contribution in [0, 0.1) is 11.8 Å². The van der Waals surface area contributed by atoms with Gasteiger partial charge in [-0.15, -0.1) is 0 Å². The molecule has 0 amide bonds. The van der Waals surface area contributed by atoms with Gasteiger partial charge in [0.25, 0.3) is 0 Å². The van der Waals surface area contributed by atoms with E-state index >= 15 is 0 Å². The zero-order valence-corrected chi connectivity index (χ0v) is 51.3. The summed E-state index contributed by atoms with van der Waals surface area (Å²) in [5, 5.41) is -0.0115. The molecule has 18 atom stereocenters. The smallest absolute Gasteiger partial charge is 0.338 e. The van der Waals surface area contributed by atoms with Gasteiger partial charge in [-0.2, -0.15) is 0 Å². The third-order valence-corrected chi connectivity index (χ3v) is 28.0. The molecule has 0 spiro atoms. The van der Waals surface area contributed by atoms with Crippen molar-refractivity contribution in [2.45, 2.75) is 266 Å². The highest BCUT2D eigenvalue weighted by atomic mass is 79.9. The van der Waals surface area contributed by atoms with Gasteiger partial charge in [-0.3, -0.25) is 4.79 Å². The largest absolute Gasteiger partial charge is 0.458 e. The summed E-state index contributed by atoms with van der Waals surface area (Å²) in [5.41, 5.74) is 1.49. The number of fused-ring (bicyclic) bond motifs is 1. The highest BCUT2D eigenvalue weighted by Crippen LogP contribution is 2.54. The Morgan fingerprint density at radius 1 is 0.842 bits per heavy atom. The monoisotopic (exact) mass is 1160 g/mol. The zero-order valence-electron chi connectivity index (χ0n) is 47.7. The highest BCUT2D eigenvalue weighted by molar-refractivity contribution is 9.11. The summed E-state index contributed by atoms with van der Waals surface area (Å²) in [6.45, 7) is 33.8. The van der Waals surface area contributed by atoms with Gasteiger partial charge in [0.05, 0.1) is 67.1 Å². The molecule has 1 aromatic carbocycles. The fourth-order valence-electron chi connectivity index (χ4n) is 12.4. The Balaban J connectivity index is 0.980. The van der Waals surface area contributed by atoms with Crippen molar-refractivity contribution in [1.82, 2.24) is 0 Å². The number of hydrogen-bond acceptors (Lipinski definition) is 14. The molecule has 0 unspecified atom stereocenters. The van der Waals surface area contributed by atoms with Crippen LogP contribution in [-0.4, -0.2) is 146 Å². The number of methoxy groups -OCH3 is 1. The number of hydrogen-bond donors (Lipinski definition) is 0. The molecular formula is C59H91BrO14Si2. The fourth-order valence-corrected chi connectivity index (χ4v) is 15.1. The van der Waals surface area contributed by atoms with Gasteiger partial charge in [0, 0.05) is 64.4 Å². The van der Waals surface area contributed by atoms with Gasteiger partial charge >= 0.3 is 5.97 Å². The van der Waals surface area contributed by atoms with E-state index in [4.69, 9.17) is 51.5 Å². The van der Waals surface area contributed by atoms with E-state index in [1.807, 2.05) is 18.2 Å². The minimum absolute atomic E-state index is 0.0189. The van der Waals surface area contributed by atoms with E-state index in [1.165, 1.54) is 0 Å². The minimum atomic E-state index is -2.27. The van der Waals surface area contributed by atoms with Crippen LogP contribution in [0.3, 0.4) is 0 Å². The van der Waals surface area contributed by atoms with Gasteiger partial charge in [0.1, 0.15) is 48.7 Å². The lowest BCUT2D eigenvalue weighted by molar-refractivity contribution is -0.292. The van der Waals surface area contributed by atoms with Crippen LogP contribution in [0.4, 0.5) is 0 Å². The normalized spacial score (nSPS) is 36.1. The van der Waals surface area contributed by atoms with Crippen LogP contribution in [0.2, 0.25) is 36.3 Å². The van der Waals surface area contributed by atoms with Crippen molar-refractivity contribution in [3.8, 4) is 0 Å². The van der Waals surface area contributed by atoms with Gasteiger partial charge in [0.2, 0.25) is 0 Å². The van der Waals surface area contributed by atoms with Gasteiger partial charge < -0.3 is 56.3 Å². The first-order valence-electron chi connectivity index (χ1n) is 28.4. The predicted molar refractivity (Wildman–Crippen MR) is 298 cm³/mol. The first-order chi connectivity index (χ1) is 35.7. The Bertz CT molecular complexity index is 2200. The first-order valence-corrected chi connectivity index (χ1v) is 35.0. The molecule has 0 radical (unpaired) electrons. The van der Waals surface area contributed by atoms with Crippen LogP contribution in [0.1, 0.15) is 142 Å². The summed E-state index contributed by atoms with van der Waals surface area (Å²) >= 11 is 3.50. The summed E-state index contributed by atoms with van der Waals surface area (Å²) < 4.78 is 75.6. The lowest BCUT2D eigenvalue weighted by Gasteiger charge is -2.47. The van der Waals surface area contributed by atoms with E-state index in [2.05, 4.69) is 104 Å². The Kier molecular flexibility index (Phi) is 19.2. The van der Waals surface area contributed by atoms with Gasteiger partial charge in [0.15, 0.2) is 22.4 Å². The van der Waals surface area contributed by atoms with Crippen LogP contribution in [0.15, 0.2) is 53.5 Å². The molecule has 0 saturated carbocycles. The molecule has 8 saturated heterocycles. The second-order valence-corrected chi connectivity index (χ2v) is 37.0. The maximum Gasteiger partial charge on any atom is 0.338 e. The lowest BCUT2D eigenvalue weighted by Crippen LogP contribution is -2.61. The molecule has 1 aromatic rings. The van der Waals surface area contributed by atoms with E-state index in [9.17, 15) is 14.4 Å². The molecule has 8 fully saturated rings. The average Bonchev–Trinajstić information content (AvgIpc) is 3.92. The molecular weight excluding hydrogens is 1070 g/mol. The molecule has 6 bridgehead atoms. The van der Waals surface area contributed by atoms with Crippen LogP contribution in [-0.2, 0) is 61.1 Å². The third-order valence-electron chi connectivity index (χ3n) is 18.7. The summed E-state index contributed by atoms with van der Waals surface area (Å²) in [5.74, 6) is -1.40. The number of carbonyl (C=O) groups is 3. The molecule has 8 heterocycles. The zero-order chi connectivity index (χ0) is 55.1. The van der Waals surface area contributed by atoms with Crippen molar-refractivity contribution in [2.75, 3.05) is 13.7 Å². The summed E-state index contributed by atoms with van der Waals surface area (Å²) in [6.07, 6.45) is 2.60. The van der Waals surface area contributed by atoms with E-state index in [-0.39, 0.29) is 108 Å². The van der Waals surface area contributed by atoms with Crippen LogP contribution in [0.5, 0.6) is 0 Å². The number of halogens is 1. The number of Topliss-reactive ketones (excluding diaryl/α,β-unsaturated/α-hetero) is 1. The molecule has 8 aliphatic heterocycles. The van der Waals surface area contributed by atoms with Crippen LogP contribution >= 0.6 is 15.9 Å². The number of ketones is 1. The van der Waals surface area contributed by atoms with Gasteiger partial charge in [-0.25, -0.2) is 4.79 Å². The maximum atomic E-state index is 14.8. The standard InChI is InChI=1S/C59H91BrO14Si2/c1-35-27-40(21-18-26-61)66-46(37(35)3)32-47-44(50(64-10)48(69-47)31-43(74-76(13,14)58(7,8)9)34-65-75(11,12)57(4,5)6)30-39(62)29-41-22-23-45-51(67-41)55-54-53(70-45)52-49(71-54)33-59(72-52,73-55)25-24-42(28-36(2)60)68-56(63)38-19-16-15-17-20-38/h15-17,19-20,26,35,40-55H,2-3,18,21-25,27-34H2,1,4-14H3/t35-,40+,41+,42+,43+,44+,45+,46-,47+,48-,49+,50-,51+,52+,53-,54+,55+,59+/m1/s1.